The molecule has 4 rings (SSSR count). The number of hydrogen-bond acceptors (Lipinski definition) is 3. The molecule has 0 saturated carbocycles. The Hall–Kier alpha value is -4.05. The molecule has 0 spiro atoms. The van der Waals surface area contributed by atoms with Gasteiger partial charge in [-0.05, 0) is 46.1 Å². The number of aliphatic imine (C=N–C) groups is 1. The Morgan fingerprint density at radius 2 is 1.47 bits per heavy atom. The molecule has 4 nitrogen and oxygen atoms in total. The van der Waals surface area contributed by atoms with E-state index < -0.39 is 0 Å². The third kappa shape index (κ3) is 5.65. The first-order valence-corrected chi connectivity index (χ1v) is 11.7. The highest BCUT2D eigenvalue weighted by Gasteiger charge is 2.16. The molecule has 0 fully saturated rings. The second-order valence-electron chi connectivity index (χ2n) is 8.25. The van der Waals surface area contributed by atoms with E-state index in [0.29, 0.717) is 0 Å². The highest BCUT2D eigenvalue weighted by atomic mass is 15.3. The second-order valence-corrected chi connectivity index (χ2v) is 8.25. The van der Waals surface area contributed by atoms with E-state index in [-0.39, 0.29) is 0 Å². The molecular weight excluding hydrogens is 416 g/mol. The molecule has 0 saturated heterocycles. The lowest BCUT2D eigenvalue weighted by molar-refractivity contribution is 0.898. The normalized spacial score (nSPS) is 14.6. The van der Waals surface area contributed by atoms with E-state index >= 15 is 0 Å². The van der Waals surface area contributed by atoms with Crippen LogP contribution in [0.5, 0.6) is 0 Å². The maximum atomic E-state index is 4.98. The van der Waals surface area contributed by atoms with Crippen molar-refractivity contribution in [1.29, 1.82) is 0 Å². The van der Waals surface area contributed by atoms with Crippen LogP contribution in [0, 0.1) is 0 Å². The van der Waals surface area contributed by atoms with Gasteiger partial charge in [-0.1, -0.05) is 60.7 Å². The van der Waals surface area contributed by atoms with Crippen LogP contribution in [-0.4, -0.2) is 26.4 Å². The molecule has 0 aromatic heterocycles. The predicted octanol–water partition coefficient (Wildman–Crippen LogP) is 7.43. The first-order chi connectivity index (χ1) is 16.7. The number of rotatable bonds is 7. The molecule has 0 atom stereocenters. The quantitative estimate of drug-likeness (QED) is 0.274. The van der Waals surface area contributed by atoms with Crippen molar-refractivity contribution in [2.24, 2.45) is 10.1 Å². The van der Waals surface area contributed by atoms with E-state index in [0.717, 1.165) is 46.8 Å². The third-order valence-corrected chi connectivity index (χ3v) is 5.66. The van der Waals surface area contributed by atoms with Crippen LogP contribution in [0.1, 0.15) is 18.9 Å². The molecule has 0 amide bonds. The van der Waals surface area contributed by atoms with Gasteiger partial charge in [-0.15, -0.1) is 0 Å². The van der Waals surface area contributed by atoms with Crippen molar-refractivity contribution in [2.45, 2.75) is 13.3 Å². The van der Waals surface area contributed by atoms with Crippen LogP contribution in [0.15, 0.2) is 125 Å². The Labute approximate surface area is 202 Å². The standard InChI is InChI=1S/C30H31N4/c1-4-31-26-19-15-24(16-20-26)30(25-17-21-27(22-18-25)33(2)3)23-32-34(28-11-7-5-8-12-28)29-13-9-6-10-14-29/h5-19,21-23H,4,20H2,1-3H3/q+1. The summed E-state index contributed by atoms with van der Waals surface area (Å²) in [7, 11) is 4.11. The van der Waals surface area contributed by atoms with Crippen LogP contribution >= 0.6 is 0 Å². The van der Waals surface area contributed by atoms with Crippen molar-refractivity contribution in [1.82, 2.24) is 4.70 Å². The molecule has 0 N–H and O–H groups in total. The zero-order valence-electron chi connectivity index (χ0n) is 20.1. The third-order valence-electron chi connectivity index (χ3n) is 5.66. The summed E-state index contributed by atoms with van der Waals surface area (Å²) < 4.78 is 1.98. The van der Waals surface area contributed by atoms with Crippen molar-refractivity contribution in [3.8, 4) is 0 Å². The summed E-state index contributed by atoms with van der Waals surface area (Å²) in [4.78, 5) is 6.67. The molecule has 0 radical (unpaired) electrons. The van der Waals surface area contributed by atoms with Gasteiger partial charge in [0, 0.05) is 68.3 Å². The SMILES string of the molecule is CCN=C1C=CC(C(=CN=[N+](c2ccccc2)c2ccccc2)c2ccc(N(C)C)cc2)=CC1. The van der Waals surface area contributed by atoms with E-state index in [9.17, 15) is 0 Å². The average Bonchev–Trinajstić information content (AvgIpc) is 2.89. The van der Waals surface area contributed by atoms with Crippen LogP contribution in [0.4, 0.5) is 17.1 Å². The molecule has 3 aromatic carbocycles. The Morgan fingerprint density at radius 3 is 1.97 bits per heavy atom. The van der Waals surface area contributed by atoms with Crippen molar-refractivity contribution < 1.29 is 0 Å². The smallest absolute Gasteiger partial charge is 0.238 e. The number of hydrogen-bond donors (Lipinski definition) is 0. The fourth-order valence-electron chi connectivity index (χ4n) is 3.85. The van der Waals surface area contributed by atoms with Gasteiger partial charge in [-0.3, -0.25) is 4.99 Å². The molecule has 0 bridgehead atoms. The fourth-order valence-corrected chi connectivity index (χ4v) is 3.85. The molecule has 0 unspecified atom stereocenters. The van der Waals surface area contributed by atoms with Gasteiger partial charge in [0.15, 0.2) is 0 Å². The second kappa shape index (κ2) is 11.2. The number of para-hydroxylation sites is 2. The van der Waals surface area contributed by atoms with Gasteiger partial charge in [0.2, 0.25) is 11.4 Å². The highest BCUT2D eigenvalue weighted by Crippen LogP contribution is 2.29. The molecule has 0 heterocycles. The van der Waals surface area contributed by atoms with Gasteiger partial charge < -0.3 is 4.90 Å². The monoisotopic (exact) mass is 447 g/mol. The lowest BCUT2D eigenvalue weighted by Crippen LogP contribution is -2.08. The largest absolute Gasteiger partial charge is 0.378 e. The van der Waals surface area contributed by atoms with E-state index in [1.54, 1.807) is 0 Å². The first kappa shape index (κ1) is 23.1. The molecule has 3 aromatic rings. The highest BCUT2D eigenvalue weighted by molar-refractivity contribution is 6.00. The van der Waals surface area contributed by atoms with Crippen LogP contribution in [0.25, 0.3) is 5.57 Å². The number of anilines is 1. The van der Waals surface area contributed by atoms with Crippen molar-refractivity contribution in [2.75, 3.05) is 25.5 Å². The Kier molecular flexibility index (Phi) is 7.61. The number of nitrogens with zero attached hydrogens (tertiary/aromatic N) is 4. The van der Waals surface area contributed by atoms with Gasteiger partial charge >= 0.3 is 0 Å². The molecule has 4 heteroatoms. The molecular formula is C30H31N4+. The first-order valence-electron chi connectivity index (χ1n) is 11.7. The summed E-state index contributed by atoms with van der Waals surface area (Å²) in [6.07, 6.45) is 9.31. The Balaban J connectivity index is 1.81. The van der Waals surface area contributed by atoms with Crippen molar-refractivity contribution in [3.63, 3.8) is 0 Å². The maximum absolute atomic E-state index is 4.98. The summed E-state index contributed by atoms with van der Waals surface area (Å²) in [5, 5.41) is 4.98. The fraction of sp³-hybridized carbons (Fsp3) is 0.167. The van der Waals surface area contributed by atoms with E-state index in [4.69, 9.17) is 5.11 Å². The van der Waals surface area contributed by atoms with Crippen LogP contribution < -0.4 is 9.60 Å². The van der Waals surface area contributed by atoms with E-state index in [1.807, 2.05) is 47.3 Å². The van der Waals surface area contributed by atoms with Gasteiger partial charge in [-0.2, -0.15) is 0 Å². The predicted molar refractivity (Wildman–Crippen MR) is 145 cm³/mol. The zero-order valence-corrected chi connectivity index (χ0v) is 20.1. The summed E-state index contributed by atoms with van der Waals surface area (Å²) in [6.45, 7) is 2.87. The molecule has 0 aliphatic heterocycles. The lowest BCUT2D eigenvalue weighted by Gasteiger charge is -2.15. The average molecular weight is 448 g/mol. The number of benzene rings is 3. The minimum atomic E-state index is 0.802. The van der Waals surface area contributed by atoms with Gasteiger partial charge in [-0.25, -0.2) is 0 Å². The summed E-state index contributed by atoms with van der Waals surface area (Å²) >= 11 is 0. The number of azo groups is 2. The van der Waals surface area contributed by atoms with Gasteiger partial charge in [0.05, 0.1) is 0 Å². The topological polar surface area (TPSA) is 31.0 Å². The molecule has 34 heavy (non-hydrogen) atoms. The maximum Gasteiger partial charge on any atom is 0.238 e. The zero-order chi connectivity index (χ0) is 23.8. The van der Waals surface area contributed by atoms with E-state index in [2.05, 4.69) is 97.7 Å². The Morgan fingerprint density at radius 1 is 0.853 bits per heavy atom. The minimum Gasteiger partial charge on any atom is -0.378 e. The van der Waals surface area contributed by atoms with Crippen molar-refractivity contribution >= 4 is 28.3 Å². The molecule has 170 valence electrons. The minimum absolute atomic E-state index is 0.802. The molecule has 1 aliphatic rings. The van der Waals surface area contributed by atoms with Crippen LogP contribution in [-0.2, 0) is 0 Å². The molecule has 1 aliphatic carbocycles. The Bertz CT molecular complexity index is 1200. The summed E-state index contributed by atoms with van der Waals surface area (Å²) in [5.41, 5.74) is 7.66. The summed E-state index contributed by atoms with van der Waals surface area (Å²) in [5.74, 6) is 0. The van der Waals surface area contributed by atoms with Crippen LogP contribution in [0.2, 0.25) is 0 Å². The van der Waals surface area contributed by atoms with Gasteiger partial charge in [0.1, 0.15) is 6.20 Å². The number of allylic oxidation sites excluding steroid dienone is 5. The lowest BCUT2D eigenvalue weighted by atomic mass is 9.93. The van der Waals surface area contributed by atoms with Crippen LogP contribution in [0.3, 0.4) is 0 Å². The van der Waals surface area contributed by atoms with Gasteiger partial charge in [0.25, 0.3) is 0 Å². The summed E-state index contributed by atoms with van der Waals surface area (Å²) in [6, 6.07) is 29.1. The van der Waals surface area contributed by atoms with E-state index in [1.165, 1.54) is 5.69 Å². The van der Waals surface area contributed by atoms with Crippen molar-refractivity contribution in [3.05, 3.63) is 120 Å².